The Hall–Kier alpha value is -4.58. The minimum atomic E-state index is -0.416. The topological polar surface area (TPSA) is 86.8 Å². The third-order valence-corrected chi connectivity index (χ3v) is 6.62. The average Bonchev–Trinajstić information content (AvgIpc) is 3.20. The van der Waals surface area contributed by atoms with Gasteiger partial charge in [0, 0.05) is 12.0 Å². The monoisotopic (exact) mass is 462 g/mol. The molecule has 172 valence electrons. The molecule has 0 aromatic heterocycles. The highest BCUT2D eigenvalue weighted by atomic mass is 16.3. The van der Waals surface area contributed by atoms with Gasteiger partial charge in [-0.2, -0.15) is 0 Å². The molecule has 0 spiro atoms. The summed E-state index contributed by atoms with van der Waals surface area (Å²) in [4.78, 5) is 19.0. The highest BCUT2D eigenvalue weighted by Gasteiger charge is 2.43. The van der Waals surface area contributed by atoms with E-state index in [1.54, 1.807) is 29.2 Å². The summed E-state index contributed by atoms with van der Waals surface area (Å²) in [6, 6.07) is 27.9. The molecule has 4 aromatic carbocycles. The van der Waals surface area contributed by atoms with Gasteiger partial charge < -0.3 is 15.5 Å². The molecule has 6 rings (SSSR count). The average molecular weight is 463 g/mol. The van der Waals surface area contributed by atoms with Gasteiger partial charge in [-0.15, -0.1) is 0 Å². The van der Waals surface area contributed by atoms with E-state index in [0.717, 1.165) is 44.7 Å². The van der Waals surface area contributed by atoms with Gasteiger partial charge in [0.1, 0.15) is 24.1 Å². The standard InChI is InChI=1S/C29H23N3O3/c33-21-12-8-18(9-13-21)16-25-29(35)32-17-26(20-10-14-22(34)15-11-20)30-27(28(32)31-25)24-7-3-5-19-4-1-2-6-23(19)24/h1-15,25,31,33-34H,16-17H2/p+1. The number of phenols is 2. The predicted molar refractivity (Wildman–Crippen MR) is 134 cm³/mol. The van der Waals surface area contributed by atoms with Crippen LogP contribution in [-0.4, -0.2) is 39.3 Å². The number of phenolic OH excluding ortho intramolecular Hbond substituents is 2. The molecule has 4 aromatic rings. The van der Waals surface area contributed by atoms with Crippen LogP contribution < -0.4 is 10.3 Å². The first-order chi connectivity index (χ1) is 17.1. The fraction of sp³-hybridized carbons (Fsp3) is 0.103. The number of amides is 1. The molecule has 2 heterocycles. The maximum Gasteiger partial charge on any atom is 0.252 e. The largest absolute Gasteiger partial charge is 0.508 e. The highest BCUT2D eigenvalue weighted by molar-refractivity contribution is 6.05. The Kier molecular flexibility index (Phi) is 4.99. The number of nitrogens with one attached hydrogen (secondary N) is 2. The molecule has 1 saturated heterocycles. The summed E-state index contributed by atoms with van der Waals surface area (Å²) in [6.07, 6.45) is 0.510. The van der Waals surface area contributed by atoms with Crippen LogP contribution in [0.2, 0.25) is 0 Å². The van der Waals surface area contributed by atoms with Crippen molar-refractivity contribution in [3.8, 4) is 11.5 Å². The van der Waals surface area contributed by atoms with Gasteiger partial charge >= 0.3 is 0 Å². The van der Waals surface area contributed by atoms with Crippen molar-refractivity contribution >= 4 is 28.1 Å². The van der Waals surface area contributed by atoms with Crippen molar-refractivity contribution in [1.82, 2.24) is 10.2 Å². The van der Waals surface area contributed by atoms with E-state index < -0.39 is 6.04 Å². The molecule has 2 aliphatic heterocycles. The molecule has 4 N–H and O–H groups in total. The van der Waals surface area contributed by atoms with Crippen LogP contribution in [0, 0.1) is 0 Å². The number of carbonyl (C=O) groups excluding carboxylic acids is 1. The lowest BCUT2D eigenvalue weighted by Crippen LogP contribution is -2.75. The molecule has 1 atom stereocenters. The predicted octanol–water partition coefficient (Wildman–Crippen LogP) is 2.50. The third-order valence-electron chi connectivity index (χ3n) is 6.62. The maximum absolute atomic E-state index is 13.6. The van der Waals surface area contributed by atoms with E-state index in [1.165, 1.54) is 0 Å². The summed E-state index contributed by atoms with van der Waals surface area (Å²) in [5, 5.41) is 25.1. The second-order valence-corrected chi connectivity index (χ2v) is 8.89. The van der Waals surface area contributed by atoms with E-state index in [-0.39, 0.29) is 17.4 Å². The molecular weight excluding hydrogens is 438 g/mol. The number of rotatable bonds is 4. The Morgan fingerprint density at radius 1 is 0.857 bits per heavy atom. The first kappa shape index (κ1) is 21.0. The van der Waals surface area contributed by atoms with Gasteiger partial charge in [0.05, 0.1) is 5.56 Å². The molecular formula is C29H24N3O3+. The zero-order valence-electron chi connectivity index (χ0n) is 18.9. The second kappa shape index (κ2) is 8.33. The summed E-state index contributed by atoms with van der Waals surface area (Å²) in [6.45, 7) is 0.395. The van der Waals surface area contributed by atoms with Crippen LogP contribution in [0.15, 0.2) is 96.8 Å². The van der Waals surface area contributed by atoms with Crippen molar-refractivity contribution < 1.29 is 20.0 Å². The smallest absolute Gasteiger partial charge is 0.252 e. The number of hydrogen-bond donors (Lipinski definition) is 4. The normalized spacial score (nSPS) is 17.4. The fourth-order valence-corrected chi connectivity index (χ4v) is 4.85. The van der Waals surface area contributed by atoms with Crippen molar-refractivity contribution in [2.24, 2.45) is 0 Å². The summed E-state index contributed by atoms with van der Waals surface area (Å²) >= 11 is 0. The van der Waals surface area contributed by atoms with Crippen molar-refractivity contribution in [3.05, 3.63) is 114 Å². The summed E-state index contributed by atoms with van der Waals surface area (Å²) < 4.78 is 0. The zero-order valence-corrected chi connectivity index (χ0v) is 18.9. The number of benzene rings is 4. The van der Waals surface area contributed by atoms with E-state index in [0.29, 0.717) is 13.0 Å². The van der Waals surface area contributed by atoms with Crippen LogP contribution in [-0.2, 0) is 11.2 Å². The number of nitrogens with zero attached hydrogens (tertiary/aromatic N) is 1. The van der Waals surface area contributed by atoms with Crippen molar-refractivity contribution in [2.75, 3.05) is 6.54 Å². The number of hydrogen-bond acceptors (Lipinski definition) is 4. The van der Waals surface area contributed by atoms with Crippen molar-refractivity contribution in [2.45, 2.75) is 12.5 Å². The van der Waals surface area contributed by atoms with E-state index in [2.05, 4.69) is 34.6 Å². The number of carbonyl (C=O) groups is 1. The van der Waals surface area contributed by atoms with Gasteiger partial charge in [-0.05, 0) is 58.8 Å². The van der Waals surface area contributed by atoms with E-state index in [1.807, 2.05) is 42.5 Å². The van der Waals surface area contributed by atoms with Gasteiger partial charge in [0.25, 0.3) is 11.6 Å². The van der Waals surface area contributed by atoms with Gasteiger partial charge in [-0.25, -0.2) is 4.99 Å². The molecule has 35 heavy (non-hydrogen) atoms. The van der Waals surface area contributed by atoms with Crippen LogP contribution in [0.4, 0.5) is 0 Å². The Labute approximate surface area is 202 Å². The fourth-order valence-electron chi connectivity index (χ4n) is 4.85. The molecule has 0 saturated carbocycles. The lowest BCUT2D eigenvalue weighted by atomic mass is 10.0. The highest BCUT2D eigenvalue weighted by Crippen LogP contribution is 2.29. The minimum Gasteiger partial charge on any atom is -0.508 e. The Balaban J connectivity index is 1.46. The van der Waals surface area contributed by atoms with Crippen molar-refractivity contribution in [3.63, 3.8) is 0 Å². The molecule has 1 unspecified atom stereocenters. The molecule has 2 aliphatic rings. The van der Waals surface area contributed by atoms with Gasteiger partial charge in [-0.3, -0.25) is 9.69 Å². The van der Waals surface area contributed by atoms with E-state index in [9.17, 15) is 15.0 Å². The SMILES string of the molecule is O=C1C(Cc2ccc(O)cc2)NC2=C(c3cccc4ccccc34)[NH+]=C(c3ccc(O)cc3)CN12. The maximum atomic E-state index is 13.6. The quantitative estimate of drug-likeness (QED) is 0.375. The molecule has 0 radical (unpaired) electrons. The first-order valence-electron chi connectivity index (χ1n) is 11.6. The lowest BCUT2D eigenvalue weighted by Gasteiger charge is -2.21. The first-order valence-corrected chi connectivity index (χ1v) is 11.6. The van der Waals surface area contributed by atoms with Gasteiger partial charge in [-0.1, -0.05) is 48.5 Å². The van der Waals surface area contributed by atoms with Crippen molar-refractivity contribution in [1.29, 1.82) is 0 Å². The van der Waals surface area contributed by atoms with Crippen LogP contribution in [0.3, 0.4) is 0 Å². The molecule has 1 amide bonds. The Bertz CT molecular complexity index is 1500. The summed E-state index contributed by atoms with van der Waals surface area (Å²) in [5.41, 5.74) is 4.62. The van der Waals surface area contributed by atoms with E-state index in [4.69, 9.17) is 0 Å². The van der Waals surface area contributed by atoms with Crippen LogP contribution in [0.25, 0.3) is 16.5 Å². The van der Waals surface area contributed by atoms with Crippen LogP contribution in [0.5, 0.6) is 11.5 Å². The minimum absolute atomic E-state index is 0.00332. The number of aromatic hydroxyl groups is 2. The van der Waals surface area contributed by atoms with E-state index >= 15 is 0 Å². The lowest BCUT2D eigenvalue weighted by molar-refractivity contribution is -0.349. The second-order valence-electron chi connectivity index (χ2n) is 8.89. The number of fused-ring (bicyclic) bond motifs is 2. The molecule has 0 aliphatic carbocycles. The molecule has 1 fully saturated rings. The third kappa shape index (κ3) is 3.79. The zero-order chi connectivity index (χ0) is 23.9. The molecule has 6 heteroatoms. The summed E-state index contributed by atoms with van der Waals surface area (Å²) in [5.74, 6) is 1.17. The Morgan fingerprint density at radius 2 is 1.54 bits per heavy atom. The summed E-state index contributed by atoms with van der Waals surface area (Å²) in [7, 11) is 0. The van der Waals surface area contributed by atoms with Gasteiger partial charge in [0.15, 0.2) is 5.82 Å². The Morgan fingerprint density at radius 3 is 2.31 bits per heavy atom. The van der Waals surface area contributed by atoms with Gasteiger partial charge in [0.2, 0.25) is 5.71 Å². The molecule has 6 nitrogen and oxygen atoms in total. The molecule has 0 bridgehead atoms. The van der Waals surface area contributed by atoms with Crippen LogP contribution in [0.1, 0.15) is 16.7 Å². The van der Waals surface area contributed by atoms with Crippen LogP contribution >= 0.6 is 0 Å².